The summed E-state index contributed by atoms with van der Waals surface area (Å²) < 4.78 is 38.1. The number of hydrogen-bond acceptors (Lipinski definition) is 1. The number of anilines is 1. The van der Waals surface area contributed by atoms with E-state index in [0.717, 1.165) is 17.7 Å². The van der Waals surface area contributed by atoms with Gasteiger partial charge in [-0.05, 0) is 54.3 Å². The van der Waals surface area contributed by atoms with Gasteiger partial charge in [-0.25, -0.2) is 0 Å². The molecule has 0 radical (unpaired) electrons. The fourth-order valence-corrected chi connectivity index (χ4v) is 3.19. The van der Waals surface area contributed by atoms with Crippen molar-refractivity contribution in [3.63, 3.8) is 0 Å². The molecule has 0 unspecified atom stereocenters. The highest BCUT2D eigenvalue weighted by Gasteiger charge is 2.44. The summed E-state index contributed by atoms with van der Waals surface area (Å²) in [5.74, 6) is -0.628. The predicted molar refractivity (Wildman–Crippen MR) is 87.4 cm³/mol. The Morgan fingerprint density at radius 3 is 2.38 bits per heavy atom. The third-order valence-corrected chi connectivity index (χ3v) is 4.33. The van der Waals surface area contributed by atoms with E-state index in [4.69, 9.17) is 23.2 Å². The van der Waals surface area contributed by atoms with Crippen LogP contribution in [-0.2, 0) is 11.0 Å². The standard InChI is InChI=1S/C17H12Cl2F3NO/c18-11-4-9(5-12(19)7-11)14-8-15(14)16(24)23-13-3-1-2-10(6-13)17(20,21)22/h1-7,14-15H,8H2,(H,23,24)/t14-,15-/m0/s1. The Hall–Kier alpha value is -1.72. The average Bonchev–Trinajstić information content (AvgIpc) is 3.26. The van der Waals surface area contributed by atoms with Crippen LogP contribution in [0.15, 0.2) is 42.5 Å². The molecule has 126 valence electrons. The zero-order valence-corrected chi connectivity index (χ0v) is 13.7. The Kier molecular flexibility index (Phi) is 4.49. The molecule has 1 aliphatic carbocycles. The van der Waals surface area contributed by atoms with Gasteiger partial charge in [0.05, 0.1) is 5.56 Å². The minimum atomic E-state index is -4.44. The van der Waals surface area contributed by atoms with Gasteiger partial charge in [-0.1, -0.05) is 29.3 Å². The second-order valence-electron chi connectivity index (χ2n) is 5.72. The molecule has 24 heavy (non-hydrogen) atoms. The number of carbonyl (C=O) groups is 1. The van der Waals surface area contributed by atoms with Crippen LogP contribution in [0.3, 0.4) is 0 Å². The Morgan fingerprint density at radius 1 is 1.08 bits per heavy atom. The number of benzene rings is 2. The number of carbonyl (C=O) groups excluding carboxylic acids is 1. The van der Waals surface area contributed by atoms with Gasteiger partial charge in [-0.15, -0.1) is 0 Å². The van der Waals surface area contributed by atoms with Crippen molar-refractivity contribution in [1.82, 2.24) is 0 Å². The molecule has 7 heteroatoms. The predicted octanol–water partition coefficient (Wildman–Crippen LogP) is 5.75. The Balaban J connectivity index is 1.69. The first kappa shape index (κ1) is 17.1. The molecule has 0 aromatic heterocycles. The minimum absolute atomic E-state index is 0.0213. The maximum absolute atomic E-state index is 12.7. The average molecular weight is 374 g/mol. The van der Waals surface area contributed by atoms with Crippen molar-refractivity contribution in [3.05, 3.63) is 63.6 Å². The van der Waals surface area contributed by atoms with Crippen LogP contribution in [0.25, 0.3) is 0 Å². The molecule has 0 saturated heterocycles. The summed E-state index contributed by atoms with van der Waals surface area (Å²) in [6.45, 7) is 0. The van der Waals surface area contributed by atoms with E-state index in [0.29, 0.717) is 16.5 Å². The van der Waals surface area contributed by atoms with Crippen LogP contribution in [-0.4, -0.2) is 5.91 Å². The van der Waals surface area contributed by atoms with Gasteiger partial charge >= 0.3 is 6.18 Å². The quantitative estimate of drug-likeness (QED) is 0.728. The van der Waals surface area contributed by atoms with Crippen LogP contribution in [0.1, 0.15) is 23.5 Å². The second-order valence-corrected chi connectivity index (χ2v) is 6.59. The van der Waals surface area contributed by atoms with Gasteiger partial charge in [0.25, 0.3) is 0 Å². The normalized spacial score (nSPS) is 19.9. The molecule has 1 saturated carbocycles. The highest BCUT2D eigenvalue weighted by molar-refractivity contribution is 6.34. The van der Waals surface area contributed by atoms with Crippen LogP contribution in [0.5, 0.6) is 0 Å². The first-order valence-corrected chi connectivity index (χ1v) is 7.94. The lowest BCUT2D eigenvalue weighted by Gasteiger charge is -2.10. The molecule has 0 spiro atoms. The SMILES string of the molecule is O=C(Nc1cccc(C(F)(F)F)c1)[C@H]1C[C@H]1c1cc(Cl)cc(Cl)c1. The lowest BCUT2D eigenvalue weighted by atomic mass is 10.1. The number of amides is 1. The van der Waals surface area contributed by atoms with Gasteiger partial charge < -0.3 is 5.32 Å². The number of rotatable bonds is 3. The number of hydrogen-bond donors (Lipinski definition) is 1. The molecule has 0 aliphatic heterocycles. The maximum Gasteiger partial charge on any atom is 0.416 e. The van der Waals surface area contributed by atoms with Crippen molar-refractivity contribution < 1.29 is 18.0 Å². The van der Waals surface area contributed by atoms with E-state index < -0.39 is 11.7 Å². The summed E-state index contributed by atoms with van der Waals surface area (Å²) in [4.78, 5) is 12.2. The van der Waals surface area contributed by atoms with E-state index in [-0.39, 0.29) is 23.4 Å². The third kappa shape index (κ3) is 3.84. The molecule has 1 fully saturated rings. The van der Waals surface area contributed by atoms with Gasteiger partial charge in [-0.2, -0.15) is 13.2 Å². The fraction of sp³-hybridized carbons (Fsp3) is 0.235. The summed E-state index contributed by atoms with van der Waals surface area (Å²) in [5, 5.41) is 3.52. The topological polar surface area (TPSA) is 29.1 Å². The smallest absolute Gasteiger partial charge is 0.326 e. The summed E-state index contributed by atoms with van der Waals surface area (Å²) in [5.41, 5.74) is 0.190. The molecule has 1 N–H and O–H groups in total. The summed E-state index contributed by atoms with van der Waals surface area (Å²) in [6.07, 6.45) is -3.83. The van der Waals surface area contributed by atoms with Crippen LogP contribution < -0.4 is 5.32 Å². The fourth-order valence-electron chi connectivity index (χ4n) is 2.65. The Labute approximate surface area is 146 Å². The van der Waals surface area contributed by atoms with E-state index in [2.05, 4.69) is 5.32 Å². The molecular formula is C17H12Cl2F3NO. The largest absolute Gasteiger partial charge is 0.416 e. The van der Waals surface area contributed by atoms with E-state index in [1.807, 2.05) is 0 Å². The van der Waals surface area contributed by atoms with E-state index in [9.17, 15) is 18.0 Å². The van der Waals surface area contributed by atoms with Crippen LogP contribution in [0.4, 0.5) is 18.9 Å². The van der Waals surface area contributed by atoms with Gasteiger partial charge in [-0.3, -0.25) is 4.79 Å². The lowest BCUT2D eigenvalue weighted by molar-refractivity contribution is -0.137. The monoisotopic (exact) mass is 373 g/mol. The zero-order valence-electron chi connectivity index (χ0n) is 12.2. The highest BCUT2D eigenvalue weighted by atomic mass is 35.5. The molecule has 0 heterocycles. The van der Waals surface area contributed by atoms with Crippen molar-refractivity contribution in [2.75, 3.05) is 5.32 Å². The van der Waals surface area contributed by atoms with Gasteiger partial charge in [0.15, 0.2) is 0 Å². The first-order valence-electron chi connectivity index (χ1n) is 7.18. The van der Waals surface area contributed by atoms with Crippen molar-refractivity contribution in [3.8, 4) is 0 Å². The molecule has 2 nitrogen and oxygen atoms in total. The molecular weight excluding hydrogens is 362 g/mol. The van der Waals surface area contributed by atoms with Crippen molar-refractivity contribution >= 4 is 34.8 Å². The molecule has 1 amide bonds. The Bertz CT molecular complexity index is 771. The number of halogens is 5. The molecule has 0 bridgehead atoms. The zero-order chi connectivity index (χ0) is 17.5. The van der Waals surface area contributed by atoms with Crippen molar-refractivity contribution in [1.29, 1.82) is 0 Å². The number of nitrogens with one attached hydrogen (secondary N) is 1. The summed E-state index contributed by atoms with van der Waals surface area (Å²) in [7, 11) is 0. The van der Waals surface area contributed by atoms with Gasteiger partial charge in [0.1, 0.15) is 0 Å². The van der Waals surface area contributed by atoms with Gasteiger partial charge in [0, 0.05) is 21.7 Å². The summed E-state index contributed by atoms with van der Waals surface area (Å²) in [6, 6.07) is 9.67. The lowest BCUT2D eigenvalue weighted by Crippen LogP contribution is -2.15. The second kappa shape index (κ2) is 6.30. The highest BCUT2D eigenvalue weighted by Crippen LogP contribution is 2.49. The molecule has 3 rings (SSSR count). The van der Waals surface area contributed by atoms with Crippen molar-refractivity contribution in [2.24, 2.45) is 5.92 Å². The molecule has 2 atom stereocenters. The minimum Gasteiger partial charge on any atom is -0.326 e. The molecule has 2 aromatic rings. The first-order chi connectivity index (χ1) is 11.2. The number of alkyl halides is 3. The van der Waals surface area contributed by atoms with Crippen LogP contribution in [0.2, 0.25) is 10.0 Å². The van der Waals surface area contributed by atoms with Crippen LogP contribution in [0, 0.1) is 5.92 Å². The van der Waals surface area contributed by atoms with E-state index in [1.165, 1.54) is 12.1 Å². The van der Waals surface area contributed by atoms with E-state index in [1.54, 1.807) is 18.2 Å². The molecule has 1 aliphatic rings. The van der Waals surface area contributed by atoms with Crippen LogP contribution >= 0.6 is 23.2 Å². The Morgan fingerprint density at radius 2 is 1.75 bits per heavy atom. The maximum atomic E-state index is 12.7. The molecule has 2 aromatic carbocycles. The summed E-state index contributed by atoms with van der Waals surface area (Å²) >= 11 is 11.9. The van der Waals surface area contributed by atoms with Gasteiger partial charge in [0.2, 0.25) is 5.91 Å². The van der Waals surface area contributed by atoms with Crippen molar-refractivity contribution in [2.45, 2.75) is 18.5 Å². The third-order valence-electron chi connectivity index (χ3n) is 3.90. The van der Waals surface area contributed by atoms with E-state index >= 15 is 0 Å².